The molecule has 200 valence electrons. The average molecular weight is 496 g/mol. The summed E-state index contributed by atoms with van der Waals surface area (Å²) < 4.78 is 20.6. The highest BCUT2D eigenvalue weighted by atomic mass is 19.1. The van der Waals surface area contributed by atoms with Crippen molar-refractivity contribution in [2.75, 3.05) is 6.61 Å². The quantitative estimate of drug-likeness (QED) is 0.204. The summed E-state index contributed by atoms with van der Waals surface area (Å²) in [5, 5.41) is 0. The Morgan fingerprint density at radius 2 is 1.44 bits per heavy atom. The summed E-state index contributed by atoms with van der Waals surface area (Å²) in [5.41, 5.74) is 2.57. The van der Waals surface area contributed by atoms with Crippen LogP contribution >= 0.6 is 0 Å². The lowest BCUT2D eigenvalue weighted by atomic mass is 9.77. The van der Waals surface area contributed by atoms with E-state index in [0.717, 1.165) is 12.3 Å². The maximum atomic E-state index is 14.8. The van der Waals surface area contributed by atoms with Gasteiger partial charge >= 0.3 is 0 Å². The first-order valence-corrected chi connectivity index (χ1v) is 15.1. The maximum Gasteiger partial charge on any atom is 0.136 e. The van der Waals surface area contributed by atoms with Crippen LogP contribution in [0.3, 0.4) is 0 Å². The molecule has 0 amide bonds. The van der Waals surface area contributed by atoms with Gasteiger partial charge < -0.3 is 4.74 Å². The zero-order valence-electron chi connectivity index (χ0n) is 23.1. The topological polar surface area (TPSA) is 22.1 Å². The lowest BCUT2D eigenvalue weighted by Crippen LogP contribution is -2.13. The summed E-state index contributed by atoms with van der Waals surface area (Å²) in [6.07, 6.45) is 24.3. The second-order valence-corrected chi connectivity index (χ2v) is 11.0. The van der Waals surface area contributed by atoms with Crippen molar-refractivity contribution in [1.29, 1.82) is 0 Å². The van der Waals surface area contributed by atoms with E-state index in [0.29, 0.717) is 29.5 Å². The molecule has 0 N–H and O–H groups in total. The third-order valence-corrected chi connectivity index (χ3v) is 8.05. The Kier molecular flexibility index (Phi) is 13.4. The Balaban J connectivity index is 1.40. The number of hydrogen-bond donors (Lipinski definition) is 0. The van der Waals surface area contributed by atoms with Crippen molar-refractivity contribution in [3.63, 3.8) is 0 Å². The van der Waals surface area contributed by atoms with Gasteiger partial charge in [-0.15, -0.1) is 0 Å². The second kappa shape index (κ2) is 16.8. The van der Waals surface area contributed by atoms with E-state index in [9.17, 15) is 4.39 Å². The van der Waals surface area contributed by atoms with Gasteiger partial charge in [-0.2, -0.15) is 0 Å². The van der Waals surface area contributed by atoms with Crippen LogP contribution in [0.5, 0.6) is 5.75 Å². The Morgan fingerprint density at radius 3 is 2.08 bits per heavy atom. The SMILES string of the molecule is CCCCCCCCCOc1ccc(-c2ccc([C@H]3CC[C@H](CCCCCCC)CC3)cn2)c(F)c1. The minimum absolute atomic E-state index is 0.258. The lowest BCUT2D eigenvalue weighted by molar-refractivity contribution is 0.301. The van der Waals surface area contributed by atoms with E-state index in [1.807, 2.05) is 24.4 Å². The molecular formula is C33H50FNO. The van der Waals surface area contributed by atoms with Crippen molar-refractivity contribution in [3.8, 4) is 17.0 Å². The van der Waals surface area contributed by atoms with Gasteiger partial charge in [0, 0.05) is 17.8 Å². The van der Waals surface area contributed by atoms with Gasteiger partial charge in [-0.3, -0.25) is 4.98 Å². The van der Waals surface area contributed by atoms with E-state index < -0.39 is 0 Å². The Hall–Kier alpha value is -1.90. The van der Waals surface area contributed by atoms with Crippen LogP contribution in [0.15, 0.2) is 36.5 Å². The summed E-state index contributed by atoms with van der Waals surface area (Å²) in [6.45, 7) is 5.18. The molecule has 36 heavy (non-hydrogen) atoms. The highest BCUT2D eigenvalue weighted by molar-refractivity contribution is 5.61. The molecule has 0 aliphatic heterocycles. The van der Waals surface area contributed by atoms with Crippen molar-refractivity contribution >= 4 is 0 Å². The number of aromatic nitrogens is 1. The van der Waals surface area contributed by atoms with E-state index in [-0.39, 0.29) is 5.82 Å². The molecule has 0 saturated heterocycles. The zero-order chi connectivity index (χ0) is 25.4. The largest absolute Gasteiger partial charge is 0.493 e. The molecule has 3 rings (SSSR count). The summed E-state index contributed by atoms with van der Waals surface area (Å²) in [4.78, 5) is 4.65. The predicted molar refractivity (Wildman–Crippen MR) is 151 cm³/mol. The fourth-order valence-electron chi connectivity index (χ4n) is 5.67. The molecule has 1 aromatic heterocycles. The van der Waals surface area contributed by atoms with Crippen molar-refractivity contribution < 1.29 is 9.13 Å². The van der Waals surface area contributed by atoms with Crippen LogP contribution in [-0.4, -0.2) is 11.6 Å². The normalized spacial score (nSPS) is 17.9. The smallest absolute Gasteiger partial charge is 0.136 e. The molecule has 1 fully saturated rings. The monoisotopic (exact) mass is 495 g/mol. The van der Waals surface area contributed by atoms with Gasteiger partial charge in [-0.1, -0.05) is 97.0 Å². The molecule has 0 unspecified atom stereocenters. The third-order valence-electron chi connectivity index (χ3n) is 8.05. The van der Waals surface area contributed by atoms with Crippen LogP contribution in [0.4, 0.5) is 4.39 Å². The molecule has 0 spiro atoms. The Labute approximate surface area is 220 Å². The van der Waals surface area contributed by atoms with Crippen LogP contribution in [-0.2, 0) is 0 Å². The number of benzene rings is 1. The van der Waals surface area contributed by atoms with Gasteiger partial charge in [0.25, 0.3) is 0 Å². The van der Waals surface area contributed by atoms with Gasteiger partial charge in [0.05, 0.1) is 12.3 Å². The summed E-state index contributed by atoms with van der Waals surface area (Å²) >= 11 is 0. The summed E-state index contributed by atoms with van der Waals surface area (Å²) in [5.74, 6) is 1.87. The maximum absolute atomic E-state index is 14.8. The minimum atomic E-state index is -0.258. The van der Waals surface area contributed by atoms with E-state index in [1.54, 1.807) is 0 Å². The van der Waals surface area contributed by atoms with Crippen LogP contribution < -0.4 is 4.74 Å². The van der Waals surface area contributed by atoms with Crippen LogP contribution in [0.25, 0.3) is 11.3 Å². The van der Waals surface area contributed by atoms with Gasteiger partial charge in [0.1, 0.15) is 11.6 Å². The first kappa shape index (κ1) is 28.7. The zero-order valence-corrected chi connectivity index (χ0v) is 23.1. The van der Waals surface area contributed by atoms with E-state index in [1.165, 1.54) is 114 Å². The molecule has 0 bridgehead atoms. The van der Waals surface area contributed by atoms with E-state index >= 15 is 0 Å². The first-order chi connectivity index (χ1) is 17.7. The molecular weight excluding hydrogens is 445 g/mol. The minimum Gasteiger partial charge on any atom is -0.493 e. The molecule has 0 atom stereocenters. The molecule has 3 heteroatoms. The first-order valence-electron chi connectivity index (χ1n) is 15.1. The van der Waals surface area contributed by atoms with Gasteiger partial charge in [0.15, 0.2) is 0 Å². The summed E-state index contributed by atoms with van der Waals surface area (Å²) in [6, 6.07) is 9.35. The Morgan fingerprint density at radius 1 is 0.778 bits per heavy atom. The number of nitrogens with zero attached hydrogens (tertiary/aromatic N) is 1. The van der Waals surface area contributed by atoms with E-state index in [4.69, 9.17) is 4.74 Å². The van der Waals surface area contributed by atoms with E-state index in [2.05, 4.69) is 24.9 Å². The molecule has 1 saturated carbocycles. The molecule has 1 aromatic carbocycles. The predicted octanol–water partition coefficient (Wildman–Crippen LogP) is 10.7. The fraction of sp³-hybridized carbons (Fsp3) is 0.667. The number of halogens is 1. The average Bonchev–Trinajstić information content (AvgIpc) is 2.91. The molecule has 1 aliphatic carbocycles. The van der Waals surface area contributed by atoms with Crippen molar-refractivity contribution in [1.82, 2.24) is 4.98 Å². The van der Waals surface area contributed by atoms with Gasteiger partial charge in [-0.05, 0) is 67.7 Å². The number of ether oxygens (including phenoxy) is 1. The molecule has 2 aromatic rings. The molecule has 2 nitrogen and oxygen atoms in total. The number of pyridine rings is 1. The highest BCUT2D eigenvalue weighted by Gasteiger charge is 2.22. The van der Waals surface area contributed by atoms with Crippen LogP contribution in [0.1, 0.15) is 134 Å². The third kappa shape index (κ3) is 9.87. The number of rotatable bonds is 17. The number of unbranched alkanes of at least 4 members (excludes halogenated alkanes) is 10. The van der Waals surface area contributed by atoms with Crippen molar-refractivity contribution in [2.24, 2.45) is 5.92 Å². The van der Waals surface area contributed by atoms with Gasteiger partial charge in [0.2, 0.25) is 0 Å². The Bertz CT molecular complexity index is 841. The van der Waals surface area contributed by atoms with Crippen LogP contribution in [0, 0.1) is 11.7 Å². The van der Waals surface area contributed by atoms with Crippen LogP contribution in [0.2, 0.25) is 0 Å². The second-order valence-electron chi connectivity index (χ2n) is 11.0. The molecule has 0 radical (unpaired) electrons. The summed E-state index contributed by atoms with van der Waals surface area (Å²) in [7, 11) is 0. The molecule has 1 heterocycles. The lowest BCUT2D eigenvalue weighted by Gasteiger charge is -2.28. The van der Waals surface area contributed by atoms with Crippen molar-refractivity contribution in [3.05, 3.63) is 47.9 Å². The van der Waals surface area contributed by atoms with Crippen molar-refractivity contribution in [2.45, 2.75) is 129 Å². The standard InChI is InChI=1S/C33H50FNO/c1-3-5-7-9-10-12-14-24-36-30-21-22-31(32(34)25-30)33-23-20-29(26-35-33)28-18-16-27(17-19-28)15-13-11-8-6-4-2/h20-23,25-28H,3-19,24H2,1-2H3/t27-,28-. The van der Waals surface area contributed by atoms with Gasteiger partial charge in [-0.25, -0.2) is 4.39 Å². The number of hydrogen-bond acceptors (Lipinski definition) is 2. The highest BCUT2D eigenvalue weighted by Crippen LogP contribution is 2.38. The molecule has 1 aliphatic rings. The fourth-order valence-corrected chi connectivity index (χ4v) is 5.67.